The molecule has 4 heteroatoms. The fraction of sp³-hybridized carbons (Fsp3) is 0.917. The normalized spacial score (nSPS) is 26.7. The van der Waals surface area contributed by atoms with E-state index < -0.39 is 11.6 Å². The summed E-state index contributed by atoms with van der Waals surface area (Å²) in [5.74, 6) is -0.661. The fourth-order valence-electron chi connectivity index (χ4n) is 2.34. The molecule has 0 bridgehead atoms. The average Bonchev–Trinajstić information content (AvgIpc) is 2.16. The fourth-order valence-corrected chi connectivity index (χ4v) is 2.34. The van der Waals surface area contributed by atoms with Crippen LogP contribution in [0.5, 0.6) is 0 Å². The van der Waals surface area contributed by atoms with Crippen LogP contribution in [0, 0.1) is 11.8 Å². The summed E-state index contributed by atoms with van der Waals surface area (Å²) in [7, 11) is 0. The van der Waals surface area contributed by atoms with Crippen molar-refractivity contribution in [3.05, 3.63) is 0 Å². The van der Waals surface area contributed by atoms with E-state index in [0.29, 0.717) is 13.1 Å². The molecule has 4 nitrogen and oxygen atoms in total. The van der Waals surface area contributed by atoms with Crippen molar-refractivity contribution in [1.82, 2.24) is 5.32 Å². The van der Waals surface area contributed by atoms with Gasteiger partial charge >= 0.3 is 5.97 Å². The van der Waals surface area contributed by atoms with Gasteiger partial charge in [0.2, 0.25) is 0 Å². The van der Waals surface area contributed by atoms with Crippen molar-refractivity contribution in [3.8, 4) is 0 Å². The Kier molecular flexibility index (Phi) is 4.74. The molecular formula is C12H23NO3. The molecule has 2 atom stereocenters. The molecule has 1 aliphatic carbocycles. The highest BCUT2D eigenvalue weighted by atomic mass is 16.4. The van der Waals surface area contributed by atoms with Crippen LogP contribution in [0.1, 0.15) is 39.5 Å². The topological polar surface area (TPSA) is 69.6 Å². The smallest absolute Gasteiger partial charge is 0.306 e. The van der Waals surface area contributed by atoms with E-state index in [1.165, 1.54) is 0 Å². The van der Waals surface area contributed by atoms with Crippen molar-refractivity contribution in [1.29, 1.82) is 0 Å². The highest BCUT2D eigenvalue weighted by Gasteiger charge is 2.30. The van der Waals surface area contributed by atoms with Gasteiger partial charge in [-0.05, 0) is 39.2 Å². The summed E-state index contributed by atoms with van der Waals surface area (Å²) in [6, 6.07) is 0. The maximum atomic E-state index is 11.0. The van der Waals surface area contributed by atoms with Crippen molar-refractivity contribution in [2.75, 3.05) is 13.1 Å². The number of carboxylic acids is 1. The number of carboxylic acid groups (broad SMARTS) is 1. The Morgan fingerprint density at radius 3 is 2.56 bits per heavy atom. The van der Waals surface area contributed by atoms with E-state index in [1.807, 2.05) is 0 Å². The van der Waals surface area contributed by atoms with Crippen LogP contribution in [-0.4, -0.2) is 34.9 Å². The Bertz CT molecular complexity index is 235. The van der Waals surface area contributed by atoms with Crippen molar-refractivity contribution < 1.29 is 15.0 Å². The van der Waals surface area contributed by atoms with Gasteiger partial charge in [-0.2, -0.15) is 0 Å². The molecule has 16 heavy (non-hydrogen) atoms. The van der Waals surface area contributed by atoms with E-state index in [9.17, 15) is 9.90 Å². The molecule has 1 saturated carbocycles. The minimum absolute atomic E-state index is 0.206. The molecule has 1 rings (SSSR count). The molecule has 0 aromatic carbocycles. The first kappa shape index (κ1) is 13.5. The Balaban J connectivity index is 2.36. The average molecular weight is 229 g/mol. The largest absolute Gasteiger partial charge is 0.481 e. The minimum Gasteiger partial charge on any atom is -0.481 e. The summed E-state index contributed by atoms with van der Waals surface area (Å²) >= 11 is 0. The predicted octanol–water partition coefficient (Wildman–Crippen LogP) is 1.24. The zero-order valence-electron chi connectivity index (χ0n) is 10.2. The van der Waals surface area contributed by atoms with Crippen LogP contribution < -0.4 is 5.32 Å². The molecule has 0 spiro atoms. The second-order valence-corrected chi connectivity index (χ2v) is 5.43. The number of hydrogen-bond acceptors (Lipinski definition) is 3. The second-order valence-electron chi connectivity index (χ2n) is 5.43. The highest BCUT2D eigenvalue weighted by molar-refractivity contribution is 5.70. The number of carbonyl (C=O) groups is 1. The van der Waals surface area contributed by atoms with Crippen LogP contribution in [0.2, 0.25) is 0 Å². The van der Waals surface area contributed by atoms with Crippen molar-refractivity contribution in [2.45, 2.75) is 45.1 Å². The molecule has 94 valence electrons. The number of aliphatic carboxylic acids is 1. The van der Waals surface area contributed by atoms with Crippen LogP contribution in [0.25, 0.3) is 0 Å². The lowest BCUT2D eigenvalue weighted by atomic mass is 9.79. The van der Waals surface area contributed by atoms with E-state index in [-0.39, 0.29) is 11.8 Å². The summed E-state index contributed by atoms with van der Waals surface area (Å²) in [5, 5.41) is 21.8. The summed E-state index contributed by atoms with van der Waals surface area (Å²) < 4.78 is 0. The Morgan fingerprint density at radius 2 is 2.00 bits per heavy atom. The third kappa shape index (κ3) is 4.49. The molecular weight excluding hydrogens is 206 g/mol. The van der Waals surface area contributed by atoms with Crippen molar-refractivity contribution >= 4 is 5.97 Å². The third-order valence-electron chi connectivity index (χ3n) is 3.19. The molecule has 0 saturated heterocycles. The maximum absolute atomic E-state index is 11.0. The van der Waals surface area contributed by atoms with Gasteiger partial charge in [0.15, 0.2) is 0 Å². The molecule has 0 amide bonds. The van der Waals surface area contributed by atoms with E-state index >= 15 is 0 Å². The zero-order valence-corrected chi connectivity index (χ0v) is 10.2. The summed E-state index contributed by atoms with van der Waals surface area (Å²) in [5.41, 5.74) is -0.729. The van der Waals surface area contributed by atoms with E-state index in [1.54, 1.807) is 13.8 Å². The monoisotopic (exact) mass is 229 g/mol. The molecule has 0 aliphatic heterocycles. The number of nitrogens with one attached hydrogen (secondary N) is 1. The van der Waals surface area contributed by atoms with Gasteiger partial charge in [-0.15, -0.1) is 0 Å². The Hall–Kier alpha value is -0.610. The van der Waals surface area contributed by atoms with Crippen LogP contribution in [0.15, 0.2) is 0 Å². The van der Waals surface area contributed by atoms with Crippen LogP contribution in [0.3, 0.4) is 0 Å². The summed E-state index contributed by atoms with van der Waals surface area (Å²) in [6.45, 7) is 4.70. The quantitative estimate of drug-likeness (QED) is 0.663. The lowest BCUT2D eigenvalue weighted by Gasteiger charge is -2.29. The highest BCUT2D eigenvalue weighted by Crippen LogP contribution is 2.29. The second kappa shape index (κ2) is 5.64. The first-order valence-corrected chi connectivity index (χ1v) is 6.06. The van der Waals surface area contributed by atoms with Crippen molar-refractivity contribution in [2.24, 2.45) is 11.8 Å². The molecule has 0 aromatic rings. The molecule has 0 radical (unpaired) electrons. The van der Waals surface area contributed by atoms with Gasteiger partial charge in [0, 0.05) is 6.54 Å². The van der Waals surface area contributed by atoms with Gasteiger partial charge < -0.3 is 15.5 Å². The van der Waals surface area contributed by atoms with E-state index in [2.05, 4.69) is 5.32 Å². The summed E-state index contributed by atoms with van der Waals surface area (Å²) in [6.07, 6.45) is 3.93. The lowest BCUT2D eigenvalue weighted by molar-refractivity contribution is -0.144. The van der Waals surface area contributed by atoms with Gasteiger partial charge in [0.25, 0.3) is 0 Å². The predicted molar refractivity (Wildman–Crippen MR) is 62.3 cm³/mol. The molecule has 3 N–H and O–H groups in total. The Labute approximate surface area is 97.0 Å². The number of aliphatic hydroxyl groups is 1. The first-order chi connectivity index (χ1) is 7.40. The van der Waals surface area contributed by atoms with Gasteiger partial charge in [0.1, 0.15) is 0 Å². The van der Waals surface area contributed by atoms with Crippen LogP contribution >= 0.6 is 0 Å². The molecule has 2 unspecified atom stereocenters. The molecule has 0 heterocycles. The molecule has 1 aliphatic rings. The number of rotatable bonds is 5. The van der Waals surface area contributed by atoms with Crippen molar-refractivity contribution in [3.63, 3.8) is 0 Å². The van der Waals surface area contributed by atoms with E-state index in [4.69, 9.17) is 5.11 Å². The first-order valence-electron chi connectivity index (χ1n) is 6.06. The lowest BCUT2D eigenvalue weighted by Crippen LogP contribution is -2.40. The van der Waals surface area contributed by atoms with Gasteiger partial charge in [0.05, 0.1) is 11.5 Å². The number of hydrogen-bond donors (Lipinski definition) is 3. The summed E-state index contributed by atoms with van der Waals surface area (Å²) in [4.78, 5) is 11.0. The zero-order chi connectivity index (χ0) is 12.2. The van der Waals surface area contributed by atoms with E-state index in [0.717, 1.165) is 25.7 Å². The third-order valence-corrected chi connectivity index (χ3v) is 3.19. The Morgan fingerprint density at radius 1 is 1.38 bits per heavy atom. The standard InChI is InChI=1S/C12H23NO3/c1-12(2,16)8-13-7-9-5-3-4-6-10(9)11(14)15/h9-10,13,16H,3-8H2,1-2H3,(H,14,15). The van der Waals surface area contributed by atoms with Gasteiger partial charge in [-0.3, -0.25) is 4.79 Å². The SMILES string of the molecule is CC(C)(O)CNCC1CCCCC1C(=O)O. The van der Waals surface area contributed by atoms with Gasteiger partial charge in [-0.1, -0.05) is 12.8 Å². The van der Waals surface area contributed by atoms with Crippen LogP contribution in [0.4, 0.5) is 0 Å². The molecule has 1 fully saturated rings. The minimum atomic E-state index is -0.729. The van der Waals surface area contributed by atoms with Crippen LogP contribution in [-0.2, 0) is 4.79 Å². The maximum Gasteiger partial charge on any atom is 0.306 e. The molecule has 0 aromatic heterocycles. The van der Waals surface area contributed by atoms with Gasteiger partial charge in [-0.25, -0.2) is 0 Å².